The second-order valence-corrected chi connectivity index (χ2v) is 7.69. The van der Waals surface area contributed by atoms with Crippen molar-refractivity contribution < 1.29 is 9.47 Å². The van der Waals surface area contributed by atoms with E-state index in [0.29, 0.717) is 6.04 Å². The summed E-state index contributed by atoms with van der Waals surface area (Å²) >= 11 is 0. The van der Waals surface area contributed by atoms with Gasteiger partial charge in [-0.1, -0.05) is 19.3 Å². The summed E-state index contributed by atoms with van der Waals surface area (Å²) in [7, 11) is 1.70. The fraction of sp³-hybridized carbons (Fsp3) is 0.522. The zero-order valence-electron chi connectivity index (χ0n) is 16.4. The van der Waals surface area contributed by atoms with Crippen molar-refractivity contribution in [3.63, 3.8) is 0 Å². The van der Waals surface area contributed by atoms with Gasteiger partial charge in [0.05, 0.1) is 18.7 Å². The van der Waals surface area contributed by atoms with E-state index in [1.165, 1.54) is 25.8 Å². The second-order valence-electron chi connectivity index (χ2n) is 7.69. The summed E-state index contributed by atoms with van der Waals surface area (Å²) in [5.41, 5.74) is 2.13. The minimum Gasteiger partial charge on any atom is -0.497 e. The number of fused-ring (bicyclic) bond motifs is 4. The van der Waals surface area contributed by atoms with Gasteiger partial charge in [0.2, 0.25) is 0 Å². The van der Waals surface area contributed by atoms with Crippen LogP contribution in [0.25, 0.3) is 10.9 Å². The van der Waals surface area contributed by atoms with Gasteiger partial charge in [0.15, 0.2) is 6.10 Å². The Balaban J connectivity index is 1.75. The van der Waals surface area contributed by atoms with Gasteiger partial charge in [-0.2, -0.15) is 0 Å². The third-order valence-electron chi connectivity index (χ3n) is 6.39. The lowest BCUT2D eigenvalue weighted by molar-refractivity contribution is -0.0560. The van der Waals surface area contributed by atoms with Crippen LogP contribution in [-0.4, -0.2) is 36.1 Å². The Kier molecular flexibility index (Phi) is 5.22. The molecule has 1 aromatic heterocycles. The van der Waals surface area contributed by atoms with Crippen LogP contribution in [0.1, 0.15) is 44.8 Å². The molecule has 0 radical (unpaired) electrons. The van der Waals surface area contributed by atoms with Crippen molar-refractivity contribution in [2.45, 2.75) is 45.3 Å². The molecule has 0 aliphatic carbocycles. The number of ether oxygens (including phenoxy) is 2. The topological polar surface area (TPSA) is 34.6 Å². The highest BCUT2D eigenvalue weighted by molar-refractivity contribution is 5.84. The SMILES string of the molecule is CC#CO[C@H](c1ccnc2ccc(OC)cc12)[C@@H]1C[C@@H]2CCN1C[C@@H]2CC. The smallest absolute Gasteiger partial charge is 0.152 e. The van der Waals surface area contributed by atoms with Crippen LogP contribution in [0, 0.1) is 23.9 Å². The number of methoxy groups -OCH3 is 1. The Hall–Kier alpha value is -2.25. The molecular formula is C23H28N2O2. The monoisotopic (exact) mass is 364 g/mol. The van der Waals surface area contributed by atoms with Crippen molar-refractivity contribution in [2.75, 3.05) is 20.2 Å². The predicted molar refractivity (Wildman–Crippen MR) is 107 cm³/mol. The summed E-state index contributed by atoms with van der Waals surface area (Å²) in [4.78, 5) is 7.17. The van der Waals surface area contributed by atoms with E-state index >= 15 is 0 Å². The van der Waals surface area contributed by atoms with Crippen molar-refractivity contribution in [2.24, 2.45) is 11.8 Å². The van der Waals surface area contributed by atoms with Gasteiger partial charge in [0.1, 0.15) is 11.9 Å². The summed E-state index contributed by atoms with van der Waals surface area (Å²) in [6.45, 7) is 6.49. The first-order valence-electron chi connectivity index (χ1n) is 9.99. The molecule has 3 fully saturated rings. The third kappa shape index (κ3) is 3.37. The molecule has 142 valence electrons. The molecule has 5 rings (SSSR count). The zero-order chi connectivity index (χ0) is 18.8. The van der Waals surface area contributed by atoms with Crippen LogP contribution in [-0.2, 0) is 4.74 Å². The van der Waals surface area contributed by atoms with Crippen molar-refractivity contribution in [3.8, 4) is 17.8 Å². The van der Waals surface area contributed by atoms with E-state index in [1.807, 2.05) is 25.3 Å². The molecular weight excluding hydrogens is 336 g/mol. The Morgan fingerprint density at radius 1 is 1.33 bits per heavy atom. The van der Waals surface area contributed by atoms with Gasteiger partial charge in [-0.25, -0.2) is 0 Å². The van der Waals surface area contributed by atoms with Crippen molar-refractivity contribution in [3.05, 3.63) is 36.0 Å². The summed E-state index contributed by atoms with van der Waals surface area (Å²) in [5, 5.41) is 1.09. The Morgan fingerprint density at radius 3 is 2.93 bits per heavy atom. The number of piperidine rings is 3. The first kappa shape index (κ1) is 18.1. The summed E-state index contributed by atoms with van der Waals surface area (Å²) in [5.74, 6) is 5.37. The Labute approximate surface area is 161 Å². The number of rotatable bonds is 5. The largest absolute Gasteiger partial charge is 0.497 e. The maximum atomic E-state index is 6.15. The van der Waals surface area contributed by atoms with E-state index in [9.17, 15) is 0 Å². The first-order chi connectivity index (χ1) is 13.2. The van der Waals surface area contributed by atoms with Gasteiger partial charge in [-0.05, 0) is 55.5 Å². The highest BCUT2D eigenvalue weighted by Crippen LogP contribution is 2.44. The van der Waals surface area contributed by atoms with Gasteiger partial charge in [0, 0.05) is 30.6 Å². The third-order valence-corrected chi connectivity index (χ3v) is 6.39. The standard InChI is InChI=1S/C23H28N2O2/c1-4-12-27-23(22-13-17-9-11-25(22)15-16(17)5-2)19-8-10-24-21-7-6-18(26-3)14-20(19)21/h6-8,10,14,16-17,22-23H,5,9,11,13,15H2,1-3H3/t16-,17-,22-,23+/m0/s1. The van der Waals surface area contributed by atoms with Crippen LogP contribution >= 0.6 is 0 Å². The van der Waals surface area contributed by atoms with Crippen molar-refractivity contribution in [1.82, 2.24) is 9.88 Å². The molecule has 1 unspecified atom stereocenters. The molecule has 0 spiro atoms. The molecule has 2 aromatic rings. The van der Waals surface area contributed by atoms with Crippen molar-refractivity contribution in [1.29, 1.82) is 0 Å². The normalized spacial score (nSPS) is 27.7. The average molecular weight is 364 g/mol. The molecule has 3 aliphatic rings. The Bertz CT molecular complexity index is 870. The van der Waals surface area contributed by atoms with E-state index in [1.54, 1.807) is 7.11 Å². The quantitative estimate of drug-likeness (QED) is 0.737. The predicted octanol–water partition coefficient (Wildman–Crippen LogP) is 4.40. The average Bonchev–Trinajstić information content (AvgIpc) is 2.74. The molecule has 3 saturated heterocycles. The minimum atomic E-state index is -0.0735. The number of hydrogen-bond donors (Lipinski definition) is 0. The van der Waals surface area contributed by atoms with Crippen molar-refractivity contribution >= 4 is 10.9 Å². The lowest BCUT2D eigenvalue weighted by Crippen LogP contribution is -2.55. The molecule has 27 heavy (non-hydrogen) atoms. The van der Waals surface area contributed by atoms with E-state index in [4.69, 9.17) is 9.47 Å². The lowest BCUT2D eigenvalue weighted by Gasteiger charge is -2.51. The van der Waals surface area contributed by atoms with Crippen LogP contribution in [0.4, 0.5) is 0 Å². The number of hydrogen-bond acceptors (Lipinski definition) is 4. The number of pyridine rings is 1. The summed E-state index contributed by atoms with van der Waals surface area (Å²) < 4.78 is 11.6. The van der Waals surface area contributed by atoms with Crippen LogP contribution in [0.2, 0.25) is 0 Å². The highest BCUT2D eigenvalue weighted by Gasteiger charge is 2.44. The van der Waals surface area contributed by atoms with Gasteiger partial charge in [-0.15, -0.1) is 0 Å². The molecule has 0 N–H and O–H groups in total. The van der Waals surface area contributed by atoms with Crippen LogP contribution in [0.5, 0.6) is 5.75 Å². The maximum absolute atomic E-state index is 6.15. The molecule has 4 heterocycles. The van der Waals surface area contributed by atoms with Gasteiger partial charge >= 0.3 is 0 Å². The maximum Gasteiger partial charge on any atom is 0.152 e. The number of aromatic nitrogens is 1. The van der Waals surface area contributed by atoms with Crippen LogP contribution in [0.15, 0.2) is 30.5 Å². The molecule has 1 aromatic carbocycles. The van der Waals surface area contributed by atoms with Crippen LogP contribution < -0.4 is 4.74 Å². The Morgan fingerprint density at radius 2 is 2.22 bits per heavy atom. The van der Waals surface area contributed by atoms with E-state index < -0.39 is 0 Å². The van der Waals surface area contributed by atoms with Gasteiger partial charge in [0.25, 0.3) is 0 Å². The number of nitrogens with zero attached hydrogens (tertiary/aromatic N) is 2. The lowest BCUT2D eigenvalue weighted by atomic mass is 9.72. The van der Waals surface area contributed by atoms with Crippen LogP contribution in [0.3, 0.4) is 0 Å². The molecule has 0 amide bonds. The fourth-order valence-corrected chi connectivity index (χ4v) is 4.95. The number of benzene rings is 1. The molecule has 4 nitrogen and oxygen atoms in total. The first-order valence-corrected chi connectivity index (χ1v) is 9.99. The zero-order valence-corrected chi connectivity index (χ0v) is 16.4. The highest BCUT2D eigenvalue weighted by atomic mass is 16.5. The summed E-state index contributed by atoms with van der Waals surface area (Å²) in [6, 6.07) is 8.49. The van der Waals surface area contributed by atoms with E-state index in [0.717, 1.165) is 40.6 Å². The van der Waals surface area contributed by atoms with E-state index in [-0.39, 0.29) is 6.10 Å². The molecule has 5 atom stereocenters. The van der Waals surface area contributed by atoms with Gasteiger partial charge in [-0.3, -0.25) is 9.88 Å². The molecule has 3 aliphatic heterocycles. The summed E-state index contributed by atoms with van der Waals surface area (Å²) in [6.07, 6.45) is 8.46. The molecule has 0 saturated carbocycles. The molecule has 2 bridgehead atoms. The van der Waals surface area contributed by atoms with Gasteiger partial charge < -0.3 is 9.47 Å². The second kappa shape index (κ2) is 7.78. The van der Waals surface area contributed by atoms with E-state index in [2.05, 4.69) is 41.0 Å². The minimum absolute atomic E-state index is 0.0735. The molecule has 4 heteroatoms. The fourth-order valence-electron chi connectivity index (χ4n) is 4.95.